The lowest BCUT2D eigenvalue weighted by atomic mass is 9.97. The Hall–Kier alpha value is -1.10. The summed E-state index contributed by atoms with van der Waals surface area (Å²) in [5.41, 5.74) is 0. The average Bonchev–Trinajstić information content (AvgIpc) is 2.77. The predicted molar refractivity (Wildman–Crippen MR) is 58.1 cm³/mol. The molecule has 0 aliphatic carbocycles. The number of aromatic nitrogens is 2. The third-order valence-corrected chi connectivity index (χ3v) is 3.13. The zero-order valence-electron chi connectivity index (χ0n) is 9.15. The van der Waals surface area contributed by atoms with E-state index in [4.69, 9.17) is 16.1 Å². The van der Waals surface area contributed by atoms with Crippen LogP contribution < -0.4 is 0 Å². The quantitative estimate of drug-likeness (QED) is 0.740. The first-order chi connectivity index (χ1) is 7.70. The molecule has 16 heavy (non-hydrogen) atoms. The van der Waals surface area contributed by atoms with Crippen molar-refractivity contribution in [2.75, 3.05) is 13.1 Å². The highest BCUT2D eigenvalue weighted by Crippen LogP contribution is 2.26. The molecule has 1 fully saturated rings. The Bertz CT molecular complexity index is 372. The SMILES string of the molecule is CC(=O)N1CCC(c2nc(CCl)no2)CC1. The third-order valence-electron chi connectivity index (χ3n) is 2.89. The van der Waals surface area contributed by atoms with E-state index in [0.717, 1.165) is 25.9 Å². The molecule has 1 aliphatic heterocycles. The largest absolute Gasteiger partial charge is 0.343 e. The Labute approximate surface area is 98.8 Å². The number of nitrogens with zero attached hydrogens (tertiary/aromatic N) is 3. The van der Waals surface area contributed by atoms with E-state index in [2.05, 4.69) is 10.1 Å². The van der Waals surface area contributed by atoms with Crippen LogP contribution in [-0.2, 0) is 10.7 Å². The van der Waals surface area contributed by atoms with Crippen LogP contribution in [0.4, 0.5) is 0 Å². The smallest absolute Gasteiger partial charge is 0.229 e. The number of rotatable bonds is 2. The highest BCUT2D eigenvalue weighted by Gasteiger charge is 2.25. The molecule has 0 atom stereocenters. The Balaban J connectivity index is 1.96. The maximum absolute atomic E-state index is 11.1. The molecule has 1 amide bonds. The minimum Gasteiger partial charge on any atom is -0.343 e. The fourth-order valence-corrected chi connectivity index (χ4v) is 2.04. The molecule has 1 aromatic rings. The van der Waals surface area contributed by atoms with Gasteiger partial charge in [-0.1, -0.05) is 5.16 Å². The molecule has 0 saturated carbocycles. The summed E-state index contributed by atoms with van der Waals surface area (Å²) in [7, 11) is 0. The number of carbonyl (C=O) groups excluding carboxylic acids is 1. The molecular weight excluding hydrogens is 230 g/mol. The van der Waals surface area contributed by atoms with Gasteiger partial charge in [-0.15, -0.1) is 11.6 Å². The van der Waals surface area contributed by atoms with E-state index in [1.807, 2.05) is 4.90 Å². The van der Waals surface area contributed by atoms with Crippen molar-refractivity contribution in [3.8, 4) is 0 Å². The number of hydrogen-bond donors (Lipinski definition) is 0. The van der Waals surface area contributed by atoms with E-state index in [1.165, 1.54) is 0 Å². The molecule has 1 aromatic heterocycles. The Kier molecular flexibility index (Phi) is 3.43. The molecule has 0 N–H and O–H groups in total. The average molecular weight is 244 g/mol. The van der Waals surface area contributed by atoms with Gasteiger partial charge in [0.1, 0.15) is 0 Å². The molecule has 1 aliphatic rings. The summed E-state index contributed by atoms with van der Waals surface area (Å²) < 4.78 is 5.14. The summed E-state index contributed by atoms with van der Waals surface area (Å²) in [6, 6.07) is 0. The van der Waals surface area contributed by atoms with Crippen LogP contribution in [0.5, 0.6) is 0 Å². The number of carbonyl (C=O) groups is 1. The van der Waals surface area contributed by atoms with Crippen LogP contribution in [-0.4, -0.2) is 34.0 Å². The van der Waals surface area contributed by atoms with E-state index >= 15 is 0 Å². The van der Waals surface area contributed by atoms with Crippen molar-refractivity contribution in [3.05, 3.63) is 11.7 Å². The van der Waals surface area contributed by atoms with Crippen LogP contribution in [0.25, 0.3) is 0 Å². The lowest BCUT2D eigenvalue weighted by Crippen LogP contribution is -2.36. The monoisotopic (exact) mass is 243 g/mol. The first-order valence-corrected chi connectivity index (χ1v) is 5.88. The van der Waals surface area contributed by atoms with Crippen molar-refractivity contribution in [2.24, 2.45) is 0 Å². The fourth-order valence-electron chi connectivity index (χ4n) is 1.93. The van der Waals surface area contributed by atoms with Gasteiger partial charge in [-0.2, -0.15) is 4.98 Å². The highest BCUT2D eigenvalue weighted by atomic mass is 35.5. The molecule has 0 bridgehead atoms. The number of alkyl halides is 1. The van der Waals surface area contributed by atoms with Gasteiger partial charge >= 0.3 is 0 Å². The summed E-state index contributed by atoms with van der Waals surface area (Å²) in [5.74, 6) is 1.85. The van der Waals surface area contributed by atoms with Gasteiger partial charge in [0.05, 0.1) is 5.88 Å². The van der Waals surface area contributed by atoms with Crippen molar-refractivity contribution in [1.82, 2.24) is 15.0 Å². The summed E-state index contributed by atoms with van der Waals surface area (Å²) >= 11 is 5.61. The number of amides is 1. The van der Waals surface area contributed by atoms with Crippen LogP contribution >= 0.6 is 11.6 Å². The van der Waals surface area contributed by atoms with Gasteiger partial charge in [-0.25, -0.2) is 0 Å². The maximum atomic E-state index is 11.1. The maximum Gasteiger partial charge on any atom is 0.229 e. The summed E-state index contributed by atoms with van der Waals surface area (Å²) in [6.45, 7) is 3.12. The zero-order chi connectivity index (χ0) is 11.5. The number of likely N-dealkylation sites (tertiary alicyclic amines) is 1. The van der Waals surface area contributed by atoms with E-state index in [0.29, 0.717) is 11.7 Å². The predicted octanol–water partition coefficient (Wildman–Crippen LogP) is 1.53. The number of hydrogen-bond acceptors (Lipinski definition) is 4. The minimum atomic E-state index is 0.130. The molecule has 0 aromatic carbocycles. The summed E-state index contributed by atoms with van der Waals surface area (Å²) in [5, 5.41) is 3.77. The van der Waals surface area contributed by atoms with Crippen LogP contribution in [0.2, 0.25) is 0 Å². The lowest BCUT2D eigenvalue weighted by Gasteiger charge is -2.29. The first-order valence-electron chi connectivity index (χ1n) is 5.34. The van der Waals surface area contributed by atoms with E-state index in [1.54, 1.807) is 6.92 Å². The first kappa shape index (κ1) is 11.4. The van der Waals surface area contributed by atoms with E-state index < -0.39 is 0 Å². The second kappa shape index (κ2) is 4.82. The second-order valence-electron chi connectivity index (χ2n) is 3.96. The van der Waals surface area contributed by atoms with Crippen LogP contribution in [0.15, 0.2) is 4.52 Å². The van der Waals surface area contributed by atoms with Crippen molar-refractivity contribution in [1.29, 1.82) is 0 Å². The summed E-state index contributed by atoms with van der Waals surface area (Å²) in [6.07, 6.45) is 1.76. The Morgan fingerprint density at radius 2 is 2.25 bits per heavy atom. The Morgan fingerprint density at radius 1 is 1.56 bits per heavy atom. The lowest BCUT2D eigenvalue weighted by molar-refractivity contribution is -0.129. The molecule has 6 heteroatoms. The summed E-state index contributed by atoms with van der Waals surface area (Å²) in [4.78, 5) is 17.2. The van der Waals surface area contributed by atoms with Gasteiger partial charge in [-0.3, -0.25) is 4.79 Å². The molecule has 2 heterocycles. The Morgan fingerprint density at radius 3 is 2.75 bits per heavy atom. The zero-order valence-corrected chi connectivity index (χ0v) is 9.90. The fraction of sp³-hybridized carbons (Fsp3) is 0.700. The second-order valence-corrected chi connectivity index (χ2v) is 4.23. The van der Waals surface area contributed by atoms with Crippen molar-refractivity contribution in [3.63, 3.8) is 0 Å². The normalized spacial score (nSPS) is 17.8. The van der Waals surface area contributed by atoms with Gasteiger partial charge in [-0.05, 0) is 12.8 Å². The molecule has 2 rings (SSSR count). The highest BCUT2D eigenvalue weighted by molar-refractivity contribution is 6.16. The minimum absolute atomic E-state index is 0.130. The molecule has 0 spiro atoms. The molecule has 0 unspecified atom stereocenters. The van der Waals surface area contributed by atoms with Gasteiger partial charge in [0, 0.05) is 25.9 Å². The van der Waals surface area contributed by atoms with E-state index in [9.17, 15) is 4.79 Å². The standard InChI is InChI=1S/C10H14ClN3O2/c1-7(15)14-4-2-8(3-5-14)10-12-9(6-11)13-16-10/h8H,2-6H2,1H3. The van der Waals surface area contributed by atoms with Gasteiger partial charge in [0.25, 0.3) is 0 Å². The number of piperidine rings is 1. The molecule has 0 radical (unpaired) electrons. The molecular formula is C10H14ClN3O2. The molecule has 1 saturated heterocycles. The van der Waals surface area contributed by atoms with Crippen molar-refractivity contribution >= 4 is 17.5 Å². The number of halogens is 1. The van der Waals surface area contributed by atoms with Crippen LogP contribution in [0, 0.1) is 0 Å². The van der Waals surface area contributed by atoms with Gasteiger partial charge in [0.15, 0.2) is 5.82 Å². The molecule has 88 valence electrons. The van der Waals surface area contributed by atoms with Gasteiger partial charge in [0.2, 0.25) is 11.8 Å². The van der Waals surface area contributed by atoms with Crippen molar-refractivity contribution < 1.29 is 9.32 Å². The van der Waals surface area contributed by atoms with Crippen LogP contribution in [0.1, 0.15) is 37.4 Å². The van der Waals surface area contributed by atoms with Crippen LogP contribution in [0.3, 0.4) is 0 Å². The third kappa shape index (κ3) is 2.35. The molecule has 5 nitrogen and oxygen atoms in total. The van der Waals surface area contributed by atoms with Crippen molar-refractivity contribution in [2.45, 2.75) is 31.6 Å². The van der Waals surface area contributed by atoms with E-state index in [-0.39, 0.29) is 17.7 Å². The van der Waals surface area contributed by atoms with Gasteiger partial charge < -0.3 is 9.42 Å². The topological polar surface area (TPSA) is 59.2 Å².